The number of nitrogens with one attached hydrogen (secondary N) is 1. The topological polar surface area (TPSA) is 115 Å². The van der Waals surface area contributed by atoms with Crippen molar-refractivity contribution < 1.29 is 18.7 Å². The average molecular weight is 504 g/mol. The van der Waals surface area contributed by atoms with E-state index in [0.717, 1.165) is 22.4 Å². The number of ether oxygens (including phenoxy) is 2. The second-order valence-corrected chi connectivity index (χ2v) is 10.1. The SMILES string of the molecule is COC(=O)c1ccc(CSc2nnc3c4c(c(C#N)c(Nc5ccc(C)cc5)n23)CC(C)(C)OC4)o1. The molecule has 3 aromatic heterocycles. The van der Waals surface area contributed by atoms with Gasteiger partial charge in [-0.15, -0.1) is 10.2 Å². The van der Waals surface area contributed by atoms with Crippen LogP contribution in [0.25, 0.3) is 5.65 Å². The van der Waals surface area contributed by atoms with Gasteiger partial charge in [0.1, 0.15) is 17.6 Å². The van der Waals surface area contributed by atoms with E-state index in [9.17, 15) is 10.1 Å². The zero-order valence-electron chi connectivity index (χ0n) is 20.4. The number of thioether (sulfide) groups is 1. The van der Waals surface area contributed by atoms with Gasteiger partial charge in [-0.2, -0.15) is 5.26 Å². The maximum absolute atomic E-state index is 11.7. The first kappa shape index (κ1) is 23.9. The number of benzene rings is 1. The summed E-state index contributed by atoms with van der Waals surface area (Å²) in [6.45, 7) is 6.41. The van der Waals surface area contributed by atoms with Crippen molar-refractivity contribution in [2.75, 3.05) is 12.4 Å². The number of carbonyl (C=O) groups excluding carboxylic acids is 1. The summed E-state index contributed by atoms with van der Waals surface area (Å²) < 4.78 is 18.3. The van der Waals surface area contributed by atoms with Crippen LogP contribution in [0.1, 0.15) is 52.4 Å². The van der Waals surface area contributed by atoms with Crippen molar-refractivity contribution in [1.29, 1.82) is 5.26 Å². The molecule has 0 fully saturated rings. The minimum Gasteiger partial charge on any atom is -0.463 e. The first-order valence-corrected chi connectivity index (χ1v) is 12.4. The van der Waals surface area contributed by atoms with Crippen LogP contribution >= 0.6 is 11.8 Å². The molecule has 9 nitrogen and oxygen atoms in total. The number of hydrogen-bond donors (Lipinski definition) is 1. The van der Waals surface area contributed by atoms with Gasteiger partial charge in [0.15, 0.2) is 10.8 Å². The number of methoxy groups -OCH3 is 1. The molecule has 5 rings (SSSR count). The van der Waals surface area contributed by atoms with E-state index < -0.39 is 11.6 Å². The number of carbonyl (C=O) groups is 1. The number of nitriles is 1. The van der Waals surface area contributed by atoms with Crippen LogP contribution in [0.2, 0.25) is 0 Å². The number of nitrogens with zero attached hydrogens (tertiary/aromatic N) is 4. The molecule has 1 aliphatic rings. The lowest BCUT2D eigenvalue weighted by atomic mass is 9.89. The van der Waals surface area contributed by atoms with E-state index in [0.29, 0.717) is 46.7 Å². The lowest BCUT2D eigenvalue weighted by molar-refractivity contribution is -0.0397. The molecule has 0 saturated carbocycles. The van der Waals surface area contributed by atoms with Gasteiger partial charge < -0.3 is 19.2 Å². The fourth-order valence-electron chi connectivity index (χ4n) is 4.21. The highest BCUT2D eigenvalue weighted by Crippen LogP contribution is 2.38. The fraction of sp³-hybridized carbons (Fsp3) is 0.308. The molecule has 184 valence electrons. The maximum Gasteiger partial charge on any atom is 0.373 e. The van der Waals surface area contributed by atoms with Crippen molar-refractivity contribution in [2.45, 2.75) is 50.3 Å². The summed E-state index contributed by atoms with van der Waals surface area (Å²) in [5.41, 5.74) is 4.57. The summed E-state index contributed by atoms with van der Waals surface area (Å²) in [7, 11) is 1.31. The van der Waals surface area contributed by atoms with Crippen LogP contribution in [0.3, 0.4) is 0 Å². The fourth-order valence-corrected chi connectivity index (χ4v) is 5.04. The number of rotatable bonds is 6. The van der Waals surface area contributed by atoms with Crippen LogP contribution < -0.4 is 5.32 Å². The van der Waals surface area contributed by atoms with Gasteiger partial charge in [-0.1, -0.05) is 29.5 Å². The first-order chi connectivity index (χ1) is 17.3. The Labute approximate surface area is 212 Å². The third-order valence-corrected chi connectivity index (χ3v) is 7.01. The van der Waals surface area contributed by atoms with Gasteiger partial charge >= 0.3 is 5.97 Å². The zero-order chi connectivity index (χ0) is 25.4. The van der Waals surface area contributed by atoms with Gasteiger partial charge in [0, 0.05) is 17.7 Å². The Morgan fingerprint density at radius 3 is 2.72 bits per heavy atom. The molecule has 36 heavy (non-hydrogen) atoms. The maximum atomic E-state index is 11.7. The summed E-state index contributed by atoms with van der Waals surface area (Å²) in [5.74, 6) is 1.21. The van der Waals surface area contributed by atoms with Crippen molar-refractivity contribution >= 4 is 34.9 Å². The number of esters is 1. The summed E-state index contributed by atoms with van der Waals surface area (Å²) in [6.07, 6.45) is 0.586. The molecule has 0 spiro atoms. The summed E-state index contributed by atoms with van der Waals surface area (Å²) >= 11 is 1.39. The molecular formula is C26H25N5O4S. The molecule has 4 heterocycles. The molecule has 1 N–H and O–H groups in total. The molecule has 4 aromatic rings. The standard InChI is InChI=1S/C26H25N5O4S/c1-15-5-7-16(8-6-15)28-22-19(12-27)18-11-26(2,3)34-13-20(18)23-29-30-25(31(22)23)36-14-17-9-10-21(35-17)24(32)33-4/h5-10,28H,11,13-14H2,1-4H3. The third kappa shape index (κ3) is 4.43. The van der Waals surface area contributed by atoms with Crippen LogP contribution in [0.5, 0.6) is 0 Å². The van der Waals surface area contributed by atoms with E-state index in [2.05, 4.69) is 21.6 Å². The molecule has 0 radical (unpaired) electrons. The number of fused-ring (bicyclic) bond motifs is 3. The quantitative estimate of drug-likeness (QED) is 0.281. The van der Waals surface area contributed by atoms with Gasteiger partial charge in [0.2, 0.25) is 5.76 Å². The zero-order valence-corrected chi connectivity index (χ0v) is 21.2. The van der Waals surface area contributed by atoms with Crippen LogP contribution in [0, 0.1) is 18.3 Å². The van der Waals surface area contributed by atoms with E-state index >= 15 is 0 Å². The molecule has 0 bridgehead atoms. The second-order valence-electron chi connectivity index (χ2n) is 9.20. The lowest BCUT2D eigenvalue weighted by Crippen LogP contribution is -2.33. The van der Waals surface area contributed by atoms with Crippen LogP contribution in [0.4, 0.5) is 11.5 Å². The summed E-state index contributed by atoms with van der Waals surface area (Å²) in [5, 5.41) is 23.2. The molecule has 1 aromatic carbocycles. The molecular weight excluding hydrogens is 478 g/mol. The number of anilines is 2. The Bertz CT molecular complexity index is 1500. The van der Waals surface area contributed by atoms with Crippen LogP contribution in [-0.2, 0) is 28.3 Å². The average Bonchev–Trinajstić information content (AvgIpc) is 3.50. The van der Waals surface area contributed by atoms with Crippen molar-refractivity contribution in [3.8, 4) is 6.07 Å². The summed E-state index contributed by atoms with van der Waals surface area (Å²) in [6, 6.07) is 13.7. The minimum atomic E-state index is -0.531. The van der Waals surface area contributed by atoms with Crippen molar-refractivity contribution in [3.63, 3.8) is 0 Å². The minimum absolute atomic E-state index is 0.140. The second kappa shape index (κ2) is 9.33. The molecule has 10 heteroatoms. The van der Waals surface area contributed by atoms with Gasteiger partial charge in [0.05, 0.1) is 30.6 Å². The smallest absolute Gasteiger partial charge is 0.373 e. The normalized spacial score (nSPS) is 14.3. The third-order valence-electron chi connectivity index (χ3n) is 6.06. The summed E-state index contributed by atoms with van der Waals surface area (Å²) in [4.78, 5) is 11.7. The predicted molar refractivity (Wildman–Crippen MR) is 134 cm³/mol. The number of aryl methyl sites for hydroxylation is 1. The molecule has 0 aliphatic carbocycles. The number of aromatic nitrogens is 3. The highest BCUT2D eigenvalue weighted by molar-refractivity contribution is 7.98. The first-order valence-electron chi connectivity index (χ1n) is 11.4. The van der Waals surface area contributed by atoms with E-state index in [-0.39, 0.29) is 5.76 Å². The Kier molecular flexibility index (Phi) is 6.20. The molecule has 0 saturated heterocycles. The Hall–Kier alpha value is -3.81. The number of hydrogen-bond acceptors (Lipinski definition) is 9. The predicted octanol–water partition coefficient (Wildman–Crippen LogP) is 5.18. The monoisotopic (exact) mass is 503 g/mol. The number of furan rings is 1. The van der Waals surface area contributed by atoms with E-state index in [4.69, 9.17) is 13.9 Å². The van der Waals surface area contributed by atoms with Crippen LogP contribution in [0.15, 0.2) is 46.0 Å². The highest BCUT2D eigenvalue weighted by Gasteiger charge is 2.33. The largest absolute Gasteiger partial charge is 0.463 e. The van der Waals surface area contributed by atoms with E-state index in [1.165, 1.54) is 18.9 Å². The molecule has 0 atom stereocenters. The molecule has 1 aliphatic heterocycles. The molecule has 0 unspecified atom stereocenters. The molecule has 0 amide bonds. The number of pyridine rings is 1. The van der Waals surface area contributed by atoms with Gasteiger partial charge in [-0.25, -0.2) is 4.79 Å². The van der Waals surface area contributed by atoms with Gasteiger partial charge in [0.25, 0.3) is 0 Å². The van der Waals surface area contributed by atoms with Gasteiger partial charge in [-0.05, 0) is 50.6 Å². The van der Waals surface area contributed by atoms with E-state index in [1.807, 2.05) is 49.4 Å². The Morgan fingerprint density at radius 2 is 2.00 bits per heavy atom. The van der Waals surface area contributed by atoms with Crippen molar-refractivity contribution in [1.82, 2.24) is 14.6 Å². The highest BCUT2D eigenvalue weighted by atomic mass is 32.2. The van der Waals surface area contributed by atoms with Gasteiger partial charge in [-0.3, -0.25) is 4.40 Å². The lowest BCUT2D eigenvalue weighted by Gasteiger charge is -2.33. The van der Waals surface area contributed by atoms with Crippen molar-refractivity contribution in [3.05, 3.63) is 70.2 Å². The Morgan fingerprint density at radius 1 is 1.22 bits per heavy atom. The van der Waals surface area contributed by atoms with Crippen molar-refractivity contribution in [2.24, 2.45) is 0 Å². The Balaban J connectivity index is 1.60. The van der Waals surface area contributed by atoms with Crippen LogP contribution in [-0.4, -0.2) is 33.3 Å². The van der Waals surface area contributed by atoms with E-state index in [1.54, 1.807) is 12.1 Å².